The zero-order valence-corrected chi connectivity index (χ0v) is 11.8. The lowest BCUT2D eigenvalue weighted by atomic mass is 10.5. The molecule has 1 aliphatic heterocycles. The lowest BCUT2D eigenvalue weighted by Crippen LogP contribution is -1.95. The van der Waals surface area contributed by atoms with E-state index >= 15 is 0 Å². The van der Waals surface area contributed by atoms with Gasteiger partial charge in [-0.3, -0.25) is 0 Å². The molecule has 0 unspecified atom stereocenters. The molecule has 0 aromatic heterocycles. The van der Waals surface area contributed by atoms with Crippen molar-refractivity contribution in [1.29, 1.82) is 0 Å². The number of halogens is 4. The van der Waals surface area contributed by atoms with Crippen LogP contribution in [0.25, 0.3) is 0 Å². The molecule has 0 radical (unpaired) electrons. The molecule has 0 nitrogen and oxygen atoms in total. The summed E-state index contributed by atoms with van der Waals surface area (Å²) in [5, 5.41) is 2.86. The van der Waals surface area contributed by atoms with Gasteiger partial charge < -0.3 is 0 Å². The van der Waals surface area contributed by atoms with Gasteiger partial charge >= 0.3 is 0 Å². The highest BCUT2D eigenvalue weighted by Crippen LogP contribution is 2.29. The molecule has 0 aromatic carbocycles. The zero-order chi connectivity index (χ0) is 10.6. The summed E-state index contributed by atoms with van der Waals surface area (Å²) in [6, 6.07) is 0. The molecular weight excluding hydrogens is 302 g/mol. The standard InChI is InChI=1S/C8H8Cl4S2/c9-5-1-13-2-7(11)8(12)4-14-3-6(5)10/h1-4H2/b6-5-,8-7-. The van der Waals surface area contributed by atoms with Gasteiger partial charge in [0, 0.05) is 43.1 Å². The van der Waals surface area contributed by atoms with Crippen LogP contribution in [0.2, 0.25) is 0 Å². The fourth-order valence-electron chi connectivity index (χ4n) is 0.774. The average molecular weight is 310 g/mol. The van der Waals surface area contributed by atoms with Gasteiger partial charge in [-0.05, 0) is 0 Å². The van der Waals surface area contributed by atoms with E-state index in [0.717, 1.165) is 0 Å². The lowest BCUT2D eigenvalue weighted by Gasteiger charge is -2.09. The Hall–Kier alpha value is 1.34. The molecule has 1 aliphatic rings. The summed E-state index contributed by atoms with van der Waals surface area (Å²) in [5.41, 5.74) is 0. The molecule has 80 valence electrons. The predicted molar refractivity (Wildman–Crippen MR) is 72.1 cm³/mol. The van der Waals surface area contributed by atoms with Crippen LogP contribution in [0.3, 0.4) is 0 Å². The lowest BCUT2D eigenvalue weighted by molar-refractivity contribution is 1.50. The normalized spacial score (nSPS) is 31.7. The highest BCUT2D eigenvalue weighted by atomic mass is 35.5. The molecule has 14 heavy (non-hydrogen) atoms. The number of rotatable bonds is 0. The van der Waals surface area contributed by atoms with Crippen molar-refractivity contribution in [2.45, 2.75) is 0 Å². The Morgan fingerprint density at radius 1 is 0.571 bits per heavy atom. The topological polar surface area (TPSA) is 0 Å². The first-order chi connectivity index (χ1) is 6.61. The van der Waals surface area contributed by atoms with Gasteiger partial charge in [-0.25, -0.2) is 0 Å². The Morgan fingerprint density at radius 3 is 1.00 bits per heavy atom. The van der Waals surface area contributed by atoms with Crippen LogP contribution in [0.4, 0.5) is 0 Å². The van der Waals surface area contributed by atoms with Crippen molar-refractivity contribution < 1.29 is 0 Å². The van der Waals surface area contributed by atoms with Crippen LogP contribution >= 0.6 is 69.9 Å². The third-order valence-electron chi connectivity index (χ3n) is 1.50. The molecule has 0 aliphatic carbocycles. The van der Waals surface area contributed by atoms with E-state index in [0.29, 0.717) is 43.1 Å². The van der Waals surface area contributed by atoms with Gasteiger partial charge in [0.1, 0.15) is 0 Å². The molecule has 6 heteroatoms. The molecule has 1 rings (SSSR count). The monoisotopic (exact) mass is 308 g/mol. The maximum Gasteiger partial charge on any atom is 0.0433 e. The minimum atomic E-state index is 0.696. The molecule has 0 fully saturated rings. The van der Waals surface area contributed by atoms with Crippen LogP contribution in [0.1, 0.15) is 0 Å². The third kappa shape index (κ3) is 4.46. The maximum absolute atomic E-state index is 5.98. The Morgan fingerprint density at radius 2 is 0.786 bits per heavy atom. The van der Waals surface area contributed by atoms with Crippen molar-refractivity contribution in [3.63, 3.8) is 0 Å². The predicted octanol–water partition coefficient (Wildman–Crippen LogP) is 4.84. The summed E-state index contributed by atoms with van der Waals surface area (Å²) < 4.78 is 0. The Labute approximate surface area is 112 Å². The van der Waals surface area contributed by atoms with Crippen LogP contribution in [0.15, 0.2) is 20.1 Å². The summed E-state index contributed by atoms with van der Waals surface area (Å²) in [4.78, 5) is 0. The molecule has 1 heterocycles. The third-order valence-corrected chi connectivity index (χ3v) is 5.75. The van der Waals surface area contributed by atoms with Gasteiger partial charge in [-0.2, -0.15) is 23.5 Å². The minimum Gasteiger partial charge on any atom is -0.150 e. The molecule has 0 N–H and O–H groups in total. The van der Waals surface area contributed by atoms with E-state index < -0.39 is 0 Å². The minimum absolute atomic E-state index is 0.696. The van der Waals surface area contributed by atoms with Crippen LogP contribution < -0.4 is 0 Å². The van der Waals surface area contributed by atoms with Gasteiger partial charge in [-0.1, -0.05) is 46.4 Å². The van der Waals surface area contributed by atoms with Crippen molar-refractivity contribution in [3.8, 4) is 0 Å². The second-order valence-corrected chi connectivity index (χ2v) is 6.40. The first kappa shape index (κ1) is 13.4. The number of hydrogen-bond donors (Lipinski definition) is 0. The van der Waals surface area contributed by atoms with Gasteiger partial charge in [0.2, 0.25) is 0 Å². The molecule has 0 saturated heterocycles. The molecule has 0 aromatic rings. The van der Waals surface area contributed by atoms with E-state index in [1.54, 1.807) is 23.5 Å². The van der Waals surface area contributed by atoms with E-state index in [1.165, 1.54) is 0 Å². The van der Waals surface area contributed by atoms with Crippen molar-refractivity contribution in [1.82, 2.24) is 0 Å². The highest BCUT2D eigenvalue weighted by molar-refractivity contribution is 8.00. The largest absolute Gasteiger partial charge is 0.150 e. The molecule has 0 spiro atoms. The quantitative estimate of drug-likeness (QED) is 0.627. The Balaban J connectivity index is 2.65. The first-order valence-electron chi connectivity index (χ1n) is 3.82. The van der Waals surface area contributed by atoms with E-state index in [9.17, 15) is 0 Å². The maximum atomic E-state index is 5.98. The summed E-state index contributed by atoms with van der Waals surface area (Å²) in [5.74, 6) is 2.78. The zero-order valence-electron chi connectivity index (χ0n) is 7.16. The smallest absolute Gasteiger partial charge is 0.0433 e. The number of hydrogen-bond acceptors (Lipinski definition) is 2. The Bertz CT molecular complexity index is 221. The molecular formula is C8H8Cl4S2. The van der Waals surface area contributed by atoms with Gasteiger partial charge in [0.15, 0.2) is 0 Å². The van der Waals surface area contributed by atoms with Gasteiger partial charge in [-0.15, -0.1) is 0 Å². The summed E-state index contributed by atoms with van der Waals surface area (Å²) >= 11 is 27.1. The van der Waals surface area contributed by atoms with E-state index in [1.807, 2.05) is 0 Å². The van der Waals surface area contributed by atoms with Crippen LogP contribution in [-0.2, 0) is 0 Å². The van der Waals surface area contributed by atoms with E-state index in [-0.39, 0.29) is 0 Å². The molecule has 0 saturated carbocycles. The van der Waals surface area contributed by atoms with Gasteiger partial charge in [0.05, 0.1) is 0 Å². The van der Waals surface area contributed by atoms with Crippen LogP contribution in [0, 0.1) is 0 Å². The van der Waals surface area contributed by atoms with Crippen molar-refractivity contribution in [2.24, 2.45) is 0 Å². The molecule has 0 bridgehead atoms. The highest BCUT2D eigenvalue weighted by Gasteiger charge is 2.09. The van der Waals surface area contributed by atoms with Gasteiger partial charge in [0.25, 0.3) is 0 Å². The summed E-state index contributed by atoms with van der Waals surface area (Å²) in [7, 11) is 0. The van der Waals surface area contributed by atoms with Crippen molar-refractivity contribution >= 4 is 69.9 Å². The second kappa shape index (κ2) is 6.82. The van der Waals surface area contributed by atoms with Crippen LogP contribution in [0.5, 0.6) is 0 Å². The summed E-state index contributed by atoms with van der Waals surface area (Å²) in [6.45, 7) is 0. The number of thioether (sulfide) groups is 2. The molecule has 0 amide bonds. The van der Waals surface area contributed by atoms with Crippen LogP contribution in [-0.4, -0.2) is 23.0 Å². The average Bonchev–Trinajstić information content (AvgIpc) is 2.15. The first-order valence-corrected chi connectivity index (χ1v) is 7.65. The Kier molecular flexibility index (Phi) is 6.53. The van der Waals surface area contributed by atoms with Crippen molar-refractivity contribution in [2.75, 3.05) is 23.0 Å². The second-order valence-electron chi connectivity index (χ2n) is 2.61. The molecule has 0 atom stereocenters. The van der Waals surface area contributed by atoms with E-state index in [4.69, 9.17) is 46.4 Å². The fourth-order valence-corrected chi connectivity index (χ4v) is 3.90. The summed E-state index contributed by atoms with van der Waals surface area (Å²) in [6.07, 6.45) is 0. The fraction of sp³-hybridized carbons (Fsp3) is 0.500. The SMILES string of the molecule is Cl/C1=C(\Cl)CSC/C(Cl)=C(/Cl)CSC1. The van der Waals surface area contributed by atoms with Crippen molar-refractivity contribution in [3.05, 3.63) is 20.1 Å². The van der Waals surface area contributed by atoms with E-state index in [2.05, 4.69) is 0 Å².